The smallest absolute Gasteiger partial charge is 0.326 e. The normalized spacial score (nSPS) is 19.9. The van der Waals surface area contributed by atoms with E-state index in [1.54, 1.807) is 76.2 Å². The number of nitrogens with zero attached hydrogens (tertiary/aromatic N) is 2. The van der Waals surface area contributed by atoms with E-state index in [4.69, 9.17) is 9.47 Å². The molecule has 8 heteroatoms. The van der Waals surface area contributed by atoms with Gasteiger partial charge in [-0.1, -0.05) is 30.3 Å². The van der Waals surface area contributed by atoms with Crippen molar-refractivity contribution in [3.05, 3.63) is 65.2 Å². The Balaban J connectivity index is 1.99. The third kappa shape index (κ3) is 5.54. The van der Waals surface area contributed by atoms with E-state index in [1.807, 2.05) is 6.07 Å². The Kier molecular flexibility index (Phi) is 7.26. The molecule has 178 valence electrons. The average molecular weight is 465 g/mol. The van der Waals surface area contributed by atoms with Gasteiger partial charge in [-0.2, -0.15) is 5.26 Å². The van der Waals surface area contributed by atoms with E-state index in [0.717, 1.165) is 0 Å². The van der Waals surface area contributed by atoms with Gasteiger partial charge in [-0.3, -0.25) is 9.59 Å². The molecule has 0 aliphatic carbocycles. The number of para-hydroxylation sites is 1. The van der Waals surface area contributed by atoms with Crippen molar-refractivity contribution in [3.8, 4) is 11.8 Å². The zero-order chi connectivity index (χ0) is 25.0. The summed E-state index contributed by atoms with van der Waals surface area (Å²) in [7, 11) is 0. The molecular weight excluding hydrogens is 436 g/mol. The van der Waals surface area contributed by atoms with Gasteiger partial charge in [0, 0.05) is 11.5 Å². The second-order valence-electron chi connectivity index (χ2n) is 9.27. The van der Waals surface area contributed by atoms with Crippen molar-refractivity contribution in [2.45, 2.75) is 51.9 Å². The number of likely N-dealkylation sites (tertiary alicyclic amines) is 1. The fourth-order valence-electron chi connectivity index (χ4n) is 4.14. The van der Waals surface area contributed by atoms with Gasteiger partial charge in [0.25, 0.3) is 5.91 Å². The Morgan fingerprint density at radius 3 is 2.38 bits per heavy atom. The molecule has 0 saturated carbocycles. The number of aryl methyl sites for hydroxylation is 1. The van der Waals surface area contributed by atoms with Gasteiger partial charge in [-0.25, -0.2) is 4.79 Å². The van der Waals surface area contributed by atoms with Gasteiger partial charge in [-0.15, -0.1) is 0 Å². The zero-order valence-electron chi connectivity index (χ0n) is 19.6. The summed E-state index contributed by atoms with van der Waals surface area (Å²) < 4.78 is 11.5. The Morgan fingerprint density at radius 1 is 1.12 bits per heavy atom. The van der Waals surface area contributed by atoms with Gasteiger partial charge in [-0.05, 0) is 51.5 Å². The van der Waals surface area contributed by atoms with Crippen LogP contribution < -0.4 is 4.74 Å². The number of esters is 1. The van der Waals surface area contributed by atoms with Gasteiger partial charge < -0.3 is 19.5 Å². The van der Waals surface area contributed by atoms with Crippen LogP contribution >= 0.6 is 0 Å². The van der Waals surface area contributed by atoms with Crippen LogP contribution in [0.25, 0.3) is 0 Å². The van der Waals surface area contributed by atoms with Crippen molar-refractivity contribution in [1.82, 2.24) is 4.90 Å². The van der Waals surface area contributed by atoms with Gasteiger partial charge in [0.2, 0.25) is 0 Å². The van der Waals surface area contributed by atoms with Crippen molar-refractivity contribution in [2.24, 2.45) is 5.92 Å². The molecule has 1 aliphatic rings. The predicted octanol–water partition coefficient (Wildman–Crippen LogP) is 3.57. The number of carboxylic acid groups (broad SMARTS) is 1. The molecule has 0 bridgehead atoms. The highest BCUT2D eigenvalue weighted by Crippen LogP contribution is 2.34. The van der Waals surface area contributed by atoms with E-state index in [1.165, 1.54) is 4.90 Å². The molecule has 1 fully saturated rings. The lowest BCUT2D eigenvalue weighted by Crippen LogP contribution is -2.44. The third-order valence-corrected chi connectivity index (χ3v) is 5.59. The maximum atomic E-state index is 13.4. The molecule has 1 heterocycles. The minimum atomic E-state index is -1.31. The zero-order valence-corrected chi connectivity index (χ0v) is 19.6. The number of aliphatic carboxylic acids is 1. The lowest BCUT2D eigenvalue weighted by molar-refractivity contribution is -0.157. The maximum Gasteiger partial charge on any atom is 0.326 e. The molecule has 0 radical (unpaired) electrons. The van der Waals surface area contributed by atoms with Crippen LogP contribution in [-0.2, 0) is 14.3 Å². The number of benzene rings is 2. The lowest BCUT2D eigenvalue weighted by Gasteiger charge is -2.26. The van der Waals surface area contributed by atoms with Gasteiger partial charge in [0.1, 0.15) is 29.6 Å². The van der Waals surface area contributed by atoms with Crippen LogP contribution in [0.1, 0.15) is 48.7 Å². The van der Waals surface area contributed by atoms with Crippen molar-refractivity contribution in [1.29, 1.82) is 5.26 Å². The van der Waals surface area contributed by atoms with Crippen LogP contribution in [0.15, 0.2) is 48.5 Å². The second-order valence-corrected chi connectivity index (χ2v) is 9.27. The summed E-state index contributed by atoms with van der Waals surface area (Å²) in [5.41, 5.74) is 0.603. The monoisotopic (exact) mass is 464 g/mol. The molecule has 0 unspecified atom stereocenters. The molecule has 1 N–H and O–H groups in total. The van der Waals surface area contributed by atoms with Crippen molar-refractivity contribution < 1.29 is 29.0 Å². The first-order chi connectivity index (χ1) is 16.0. The molecule has 1 saturated heterocycles. The largest absolute Gasteiger partial charge is 0.487 e. The fourth-order valence-corrected chi connectivity index (χ4v) is 4.14. The van der Waals surface area contributed by atoms with E-state index >= 15 is 0 Å². The Bertz CT molecular complexity index is 1130. The molecule has 0 spiro atoms. The third-order valence-electron chi connectivity index (χ3n) is 5.59. The number of carbonyl (C=O) groups excluding carboxylic acids is 2. The summed E-state index contributed by atoms with van der Waals surface area (Å²) >= 11 is 0. The molecule has 2 aromatic rings. The fraction of sp³-hybridized carbons (Fsp3) is 0.385. The highest BCUT2D eigenvalue weighted by Gasteiger charge is 2.50. The predicted molar refractivity (Wildman–Crippen MR) is 123 cm³/mol. The highest BCUT2D eigenvalue weighted by molar-refractivity contribution is 5.98. The quantitative estimate of drug-likeness (QED) is 0.650. The first-order valence-corrected chi connectivity index (χ1v) is 11.0. The van der Waals surface area contributed by atoms with Crippen LogP contribution in [-0.4, -0.2) is 52.1 Å². The number of amides is 1. The number of carboxylic acids is 1. The van der Waals surface area contributed by atoms with Crippen LogP contribution in [0.5, 0.6) is 5.75 Å². The summed E-state index contributed by atoms with van der Waals surface area (Å²) in [5, 5.41) is 19.5. The lowest BCUT2D eigenvalue weighted by atomic mass is 9.93. The molecule has 3 rings (SSSR count). The number of carbonyl (C=O) groups is 3. The number of ether oxygens (including phenoxy) is 2. The summed E-state index contributed by atoms with van der Waals surface area (Å²) in [6.45, 7) is 6.88. The van der Waals surface area contributed by atoms with Crippen LogP contribution in [0.3, 0.4) is 0 Å². The second kappa shape index (κ2) is 9.96. The van der Waals surface area contributed by atoms with Gasteiger partial charge in [0.05, 0.1) is 18.5 Å². The molecule has 2 aromatic carbocycles. The van der Waals surface area contributed by atoms with Crippen LogP contribution in [0.4, 0.5) is 0 Å². The number of hydrogen-bond acceptors (Lipinski definition) is 6. The van der Waals surface area contributed by atoms with Crippen molar-refractivity contribution in [2.75, 3.05) is 6.54 Å². The minimum absolute atomic E-state index is 0.0582. The van der Waals surface area contributed by atoms with E-state index < -0.39 is 41.5 Å². The highest BCUT2D eigenvalue weighted by atomic mass is 16.6. The van der Waals surface area contributed by atoms with Crippen LogP contribution in [0.2, 0.25) is 0 Å². The molecule has 34 heavy (non-hydrogen) atoms. The Labute approximate surface area is 198 Å². The molecule has 1 amide bonds. The molecule has 8 nitrogen and oxygen atoms in total. The van der Waals surface area contributed by atoms with E-state index in [2.05, 4.69) is 0 Å². The molecule has 0 aromatic heterocycles. The summed E-state index contributed by atoms with van der Waals surface area (Å²) in [5.74, 6) is -2.91. The number of hydrogen-bond donors (Lipinski definition) is 1. The SMILES string of the molecule is Cc1ccccc1C(=O)N1C[C@@H](Oc2ccccc2C#N)[C@H](CC(=O)OC(C)(C)C)[C@H]1C(=O)O. The van der Waals surface area contributed by atoms with Crippen molar-refractivity contribution in [3.63, 3.8) is 0 Å². The minimum Gasteiger partial charge on any atom is -0.487 e. The van der Waals surface area contributed by atoms with Crippen molar-refractivity contribution >= 4 is 17.8 Å². The first kappa shape index (κ1) is 24.8. The number of rotatable bonds is 6. The molecule has 1 aliphatic heterocycles. The topological polar surface area (TPSA) is 117 Å². The Hall–Kier alpha value is -3.86. The molecule has 3 atom stereocenters. The summed E-state index contributed by atoms with van der Waals surface area (Å²) in [6.07, 6.45) is -1.10. The average Bonchev–Trinajstić information content (AvgIpc) is 3.10. The Morgan fingerprint density at radius 2 is 1.76 bits per heavy atom. The van der Waals surface area contributed by atoms with E-state index in [0.29, 0.717) is 11.1 Å². The standard InChI is InChI=1S/C26H28N2O6/c1-16-9-5-7-11-18(16)24(30)28-15-21(33-20-12-8-6-10-17(20)14-27)19(23(28)25(31)32)13-22(29)34-26(2,3)4/h5-12,19,21,23H,13,15H2,1-4H3,(H,31,32)/t19-,21+,23-/m0/s1. The summed E-state index contributed by atoms with van der Waals surface area (Å²) in [4.78, 5) is 39.7. The number of nitriles is 1. The van der Waals surface area contributed by atoms with Crippen LogP contribution in [0, 0.1) is 24.2 Å². The summed E-state index contributed by atoms with van der Waals surface area (Å²) in [6, 6.07) is 14.2. The van der Waals surface area contributed by atoms with E-state index in [9.17, 15) is 24.8 Å². The first-order valence-electron chi connectivity index (χ1n) is 11.0. The maximum absolute atomic E-state index is 13.4. The molecular formula is C26H28N2O6. The van der Waals surface area contributed by atoms with E-state index in [-0.39, 0.29) is 24.3 Å². The van der Waals surface area contributed by atoms with Gasteiger partial charge >= 0.3 is 11.9 Å². The van der Waals surface area contributed by atoms with Gasteiger partial charge in [0.15, 0.2) is 0 Å².